The Labute approximate surface area is 135 Å². The molecule has 0 saturated carbocycles. The number of ether oxygens (including phenoxy) is 2. The number of hydrogen-bond donors (Lipinski definition) is 1. The third kappa shape index (κ3) is 4.61. The van der Waals surface area contributed by atoms with E-state index < -0.39 is 16.1 Å². The van der Waals surface area contributed by atoms with Crippen molar-refractivity contribution >= 4 is 10.0 Å². The molecule has 0 amide bonds. The Balaban J connectivity index is 1.56. The minimum Gasteiger partial charge on any atom is -0.376 e. The zero-order chi connectivity index (χ0) is 16.1. The largest absolute Gasteiger partial charge is 0.376 e. The molecule has 2 aromatic rings. The van der Waals surface area contributed by atoms with Gasteiger partial charge < -0.3 is 9.47 Å². The molecule has 0 aliphatic carbocycles. The number of sulfonamides is 1. The predicted molar refractivity (Wildman–Crippen MR) is 84.7 cm³/mol. The standard InChI is InChI=1S/C15H19N3O4S/c19-23(20,12-15-11-21-6-7-22-15)17-9-13-8-16-18(10-13)14-4-2-1-3-5-14/h1-5,8,10,15,17H,6-7,9,11-12H2. The van der Waals surface area contributed by atoms with Crippen LogP contribution < -0.4 is 4.72 Å². The van der Waals surface area contributed by atoms with Gasteiger partial charge in [-0.3, -0.25) is 0 Å². The van der Waals surface area contributed by atoms with E-state index >= 15 is 0 Å². The van der Waals surface area contributed by atoms with E-state index in [1.54, 1.807) is 17.1 Å². The molecule has 3 rings (SSSR count). The van der Waals surface area contributed by atoms with Gasteiger partial charge in [-0.05, 0) is 12.1 Å². The van der Waals surface area contributed by atoms with Crippen molar-refractivity contribution in [2.24, 2.45) is 0 Å². The number of hydrogen-bond acceptors (Lipinski definition) is 5. The molecule has 1 atom stereocenters. The third-order valence-corrected chi connectivity index (χ3v) is 4.84. The van der Waals surface area contributed by atoms with Gasteiger partial charge in [-0.15, -0.1) is 0 Å². The lowest BCUT2D eigenvalue weighted by Gasteiger charge is -2.22. The highest BCUT2D eigenvalue weighted by Crippen LogP contribution is 2.08. The van der Waals surface area contributed by atoms with Crippen molar-refractivity contribution in [3.05, 3.63) is 48.3 Å². The summed E-state index contributed by atoms with van der Waals surface area (Å²) in [6, 6.07) is 9.64. The first-order valence-corrected chi connectivity index (χ1v) is 9.03. The van der Waals surface area contributed by atoms with E-state index in [0.29, 0.717) is 19.8 Å². The summed E-state index contributed by atoms with van der Waals surface area (Å²) in [4.78, 5) is 0. The lowest BCUT2D eigenvalue weighted by molar-refractivity contribution is -0.0783. The number of rotatable bonds is 6. The van der Waals surface area contributed by atoms with Crippen molar-refractivity contribution in [3.8, 4) is 5.69 Å². The Kier molecular flexibility index (Phi) is 5.06. The number of benzene rings is 1. The van der Waals surface area contributed by atoms with Gasteiger partial charge in [0.1, 0.15) is 0 Å². The fourth-order valence-corrected chi connectivity index (χ4v) is 3.49. The van der Waals surface area contributed by atoms with Crippen LogP contribution in [0.1, 0.15) is 5.56 Å². The second-order valence-corrected chi connectivity index (χ2v) is 7.15. The van der Waals surface area contributed by atoms with Gasteiger partial charge in [-0.1, -0.05) is 18.2 Å². The molecule has 1 aromatic carbocycles. The second kappa shape index (κ2) is 7.22. The second-order valence-electron chi connectivity index (χ2n) is 5.30. The summed E-state index contributed by atoms with van der Waals surface area (Å²) < 4.78 is 39.0. The zero-order valence-electron chi connectivity index (χ0n) is 12.6. The Bertz CT molecular complexity index is 724. The summed E-state index contributed by atoms with van der Waals surface area (Å²) in [6.45, 7) is 1.46. The summed E-state index contributed by atoms with van der Waals surface area (Å²) in [5.41, 5.74) is 1.72. The van der Waals surface area contributed by atoms with Gasteiger partial charge in [0, 0.05) is 18.3 Å². The number of aromatic nitrogens is 2. The summed E-state index contributed by atoms with van der Waals surface area (Å²) in [7, 11) is -3.43. The molecular weight excluding hydrogens is 318 g/mol. The lowest BCUT2D eigenvalue weighted by Crippen LogP contribution is -2.38. The SMILES string of the molecule is O=S(=O)(CC1COCCO1)NCc1cnn(-c2ccccc2)c1. The predicted octanol–water partition coefficient (Wildman–Crippen LogP) is 0.707. The van der Waals surface area contributed by atoms with Crippen LogP contribution in [0.15, 0.2) is 42.7 Å². The molecule has 1 aliphatic heterocycles. The Hall–Kier alpha value is -1.74. The van der Waals surface area contributed by atoms with E-state index in [9.17, 15) is 8.42 Å². The molecule has 2 heterocycles. The van der Waals surface area contributed by atoms with Crippen molar-refractivity contribution in [1.82, 2.24) is 14.5 Å². The highest BCUT2D eigenvalue weighted by atomic mass is 32.2. The fourth-order valence-electron chi connectivity index (χ4n) is 2.30. The summed E-state index contributed by atoms with van der Waals surface area (Å²) in [6.07, 6.45) is 3.04. The molecule has 1 saturated heterocycles. The van der Waals surface area contributed by atoms with Crippen molar-refractivity contribution in [2.45, 2.75) is 12.6 Å². The van der Waals surface area contributed by atoms with Gasteiger partial charge in [0.05, 0.1) is 43.6 Å². The van der Waals surface area contributed by atoms with Gasteiger partial charge in [0.15, 0.2) is 0 Å². The first-order chi connectivity index (χ1) is 11.1. The monoisotopic (exact) mass is 337 g/mol. The topological polar surface area (TPSA) is 82.5 Å². The molecule has 0 spiro atoms. The van der Waals surface area contributed by atoms with Gasteiger partial charge in [0.25, 0.3) is 0 Å². The maximum absolute atomic E-state index is 12.1. The number of nitrogens with one attached hydrogen (secondary N) is 1. The quantitative estimate of drug-likeness (QED) is 0.839. The Morgan fingerprint density at radius 1 is 1.26 bits per heavy atom. The molecule has 8 heteroatoms. The normalized spacial score (nSPS) is 18.9. The van der Waals surface area contributed by atoms with Gasteiger partial charge in [-0.2, -0.15) is 5.10 Å². The molecule has 0 bridgehead atoms. The van der Waals surface area contributed by atoms with Crippen molar-refractivity contribution in [3.63, 3.8) is 0 Å². The van der Waals surface area contributed by atoms with E-state index in [2.05, 4.69) is 9.82 Å². The number of para-hydroxylation sites is 1. The first-order valence-electron chi connectivity index (χ1n) is 7.38. The summed E-state index contributed by atoms with van der Waals surface area (Å²) in [5, 5.41) is 4.24. The maximum Gasteiger partial charge on any atom is 0.214 e. The molecule has 0 radical (unpaired) electrons. The van der Waals surface area contributed by atoms with E-state index in [-0.39, 0.29) is 12.3 Å². The van der Waals surface area contributed by atoms with Crippen LogP contribution in [0.5, 0.6) is 0 Å². The molecular formula is C15H19N3O4S. The van der Waals surface area contributed by atoms with Crippen LogP contribution in [0.2, 0.25) is 0 Å². The maximum atomic E-state index is 12.1. The van der Waals surface area contributed by atoms with Crippen molar-refractivity contribution < 1.29 is 17.9 Å². The molecule has 1 fully saturated rings. The Morgan fingerprint density at radius 3 is 2.83 bits per heavy atom. The summed E-state index contributed by atoms with van der Waals surface area (Å²) in [5.74, 6) is -0.0974. The molecule has 124 valence electrons. The number of nitrogens with zero attached hydrogens (tertiary/aromatic N) is 2. The van der Waals surface area contributed by atoms with Gasteiger partial charge in [0.2, 0.25) is 10.0 Å². The van der Waals surface area contributed by atoms with Crippen LogP contribution >= 0.6 is 0 Å². The first kappa shape index (κ1) is 16.1. The van der Waals surface area contributed by atoms with E-state index in [0.717, 1.165) is 11.3 Å². The third-order valence-electron chi connectivity index (χ3n) is 3.44. The minimum absolute atomic E-state index is 0.0974. The average Bonchev–Trinajstić information content (AvgIpc) is 3.04. The van der Waals surface area contributed by atoms with Crippen LogP contribution in [0.3, 0.4) is 0 Å². The van der Waals surface area contributed by atoms with E-state index in [1.807, 2.05) is 30.3 Å². The van der Waals surface area contributed by atoms with Crippen molar-refractivity contribution in [1.29, 1.82) is 0 Å². The minimum atomic E-state index is -3.43. The summed E-state index contributed by atoms with van der Waals surface area (Å²) >= 11 is 0. The highest BCUT2D eigenvalue weighted by Gasteiger charge is 2.22. The van der Waals surface area contributed by atoms with Crippen LogP contribution in [0.4, 0.5) is 0 Å². The molecule has 1 aliphatic rings. The van der Waals surface area contributed by atoms with Gasteiger partial charge >= 0.3 is 0 Å². The Morgan fingerprint density at radius 2 is 2.09 bits per heavy atom. The highest BCUT2D eigenvalue weighted by molar-refractivity contribution is 7.89. The molecule has 23 heavy (non-hydrogen) atoms. The van der Waals surface area contributed by atoms with Crippen LogP contribution in [0.25, 0.3) is 5.69 Å². The van der Waals surface area contributed by atoms with Gasteiger partial charge in [-0.25, -0.2) is 17.8 Å². The van der Waals surface area contributed by atoms with E-state index in [4.69, 9.17) is 9.47 Å². The molecule has 1 N–H and O–H groups in total. The molecule has 7 nitrogen and oxygen atoms in total. The zero-order valence-corrected chi connectivity index (χ0v) is 13.4. The van der Waals surface area contributed by atoms with E-state index in [1.165, 1.54) is 0 Å². The lowest BCUT2D eigenvalue weighted by atomic mass is 10.3. The van der Waals surface area contributed by atoms with Crippen LogP contribution in [-0.2, 0) is 26.0 Å². The molecule has 1 aromatic heterocycles. The van der Waals surface area contributed by atoms with Crippen molar-refractivity contribution in [2.75, 3.05) is 25.6 Å². The average molecular weight is 337 g/mol. The molecule has 1 unspecified atom stereocenters. The smallest absolute Gasteiger partial charge is 0.214 e. The fraction of sp³-hybridized carbons (Fsp3) is 0.400. The van der Waals surface area contributed by atoms with Crippen LogP contribution in [0, 0.1) is 0 Å². The van der Waals surface area contributed by atoms with Crippen LogP contribution in [-0.4, -0.2) is 49.9 Å².